The highest BCUT2D eigenvalue weighted by Gasteiger charge is 2.29. The van der Waals surface area contributed by atoms with Gasteiger partial charge in [-0.25, -0.2) is 9.59 Å². The number of methoxy groups -OCH3 is 2. The number of rotatable bonds is 2. The summed E-state index contributed by atoms with van der Waals surface area (Å²) in [6.45, 7) is 0. The molecule has 0 saturated carbocycles. The predicted octanol–water partition coefficient (Wildman–Crippen LogP) is 2.71. The summed E-state index contributed by atoms with van der Waals surface area (Å²) in [6, 6.07) is 6.92. The lowest BCUT2D eigenvalue weighted by atomic mass is 10.1. The van der Waals surface area contributed by atoms with Crippen LogP contribution in [0.15, 0.2) is 28.7 Å². The fourth-order valence-electron chi connectivity index (χ4n) is 2.06. The van der Waals surface area contributed by atoms with Gasteiger partial charge < -0.3 is 15.2 Å². The Morgan fingerprint density at radius 1 is 0.950 bits per heavy atom. The van der Waals surface area contributed by atoms with Crippen molar-refractivity contribution >= 4 is 33.6 Å². The maximum Gasteiger partial charge on any atom is 0.340 e. The van der Waals surface area contributed by atoms with E-state index in [2.05, 4.69) is 15.9 Å². The predicted molar refractivity (Wildman–Crippen MR) is 77.9 cm³/mol. The Balaban J connectivity index is 2.85. The van der Waals surface area contributed by atoms with Gasteiger partial charge in [0.25, 0.3) is 0 Å². The van der Waals surface area contributed by atoms with E-state index in [1.165, 1.54) is 14.2 Å². The van der Waals surface area contributed by atoms with E-state index >= 15 is 0 Å². The third kappa shape index (κ3) is 2.22. The summed E-state index contributed by atoms with van der Waals surface area (Å²) in [6.07, 6.45) is 0. The molecule has 2 aliphatic carbocycles. The molecule has 0 bridgehead atoms. The molecule has 2 rings (SSSR count). The smallest absolute Gasteiger partial charge is 0.340 e. The second-order valence-electron chi connectivity index (χ2n) is 4.03. The van der Waals surface area contributed by atoms with Crippen molar-refractivity contribution in [1.29, 1.82) is 0 Å². The third-order valence-electron chi connectivity index (χ3n) is 2.96. The van der Waals surface area contributed by atoms with Crippen LogP contribution in [0.25, 0.3) is 11.1 Å². The van der Waals surface area contributed by atoms with Crippen LogP contribution in [0.4, 0.5) is 5.69 Å². The molecule has 0 aromatic rings. The zero-order chi connectivity index (χ0) is 14.9. The third-order valence-corrected chi connectivity index (χ3v) is 3.49. The average molecular weight is 338 g/mol. The lowest BCUT2D eigenvalue weighted by Gasteiger charge is -2.00. The van der Waals surface area contributed by atoms with Gasteiger partial charge in [-0.1, -0.05) is 28.1 Å². The molecule has 0 saturated heterocycles. The lowest BCUT2D eigenvalue weighted by Crippen LogP contribution is -2.07. The topological polar surface area (TPSA) is 78.6 Å². The zero-order valence-corrected chi connectivity index (χ0v) is 12.5. The number of esters is 2. The van der Waals surface area contributed by atoms with Crippen molar-refractivity contribution in [3.63, 3.8) is 0 Å². The largest absolute Gasteiger partial charge is 0.465 e. The van der Waals surface area contributed by atoms with E-state index in [1.807, 2.05) is 0 Å². The minimum Gasteiger partial charge on any atom is -0.465 e. The highest BCUT2D eigenvalue weighted by Crippen LogP contribution is 2.39. The fourth-order valence-corrected chi connectivity index (χ4v) is 2.32. The molecule has 2 N–H and O–H groups in total. The number of ether oxygens (including phenoxy) is 2. The van der Waals surface area contributed by atoms with E-state index in [4.69, 9.17) is 15.2 Å². The van der Waals surface area contributed by atoms with Crippen LogP contribution in [-0.4, -0.2) is 26.2 Å². The van der Waals surface area contributed by atoms with E-state index in [0.29, 0.717) is 11.1 Å². The quantitative estimate of drug-likeness (QED) is 0.852. The van der Waals surface area contributed by atoms with Gasteiger partial charge in [-0.15, -0.1) is 0 Å². The van der Waals surface area contributed by atoms with E-state index in [-0.39, 0.29) is 16.8 Å². The van der Waals surface area contributed by atoms with Gasteiger partial charge in [0.1, 0.15) is 0 Å². The number of halogens is 1. The zero-order valence-electron chi connectivity index (χ0n) is 10.9. The van der Waals surface area contributed by atoms with Crippen molar-refractivity contribution in [2.45, 2.75) is 0 Å². The maximum absolute atomic E-state index is 11.9. The molecule has 20 heavy (non-hydrogen) atoms. The first-order valence-electron chi connectivity index (χ1n) is 5.68. The van der Waals surface area contributed by atoms with E-state index in [0.717, 1.165) is 4.47 Å². The molecule has 0 aromatic carbocycles. The number of nitrogen functional groups attached to an aromatic ring is 1. The first-order valence-corrected chi connectivity index (χ1v) is 6.48. The van der Waals surface area contributed by atoms with E-state index in [1.54, 1.807) is 24.3 Å². The average Bonchev–Trinajstić information content (AvgIpc) is 2.59. The summed E-state index contributed by atoms with van der Waals surface area (Å²) >= 11 is 3.34. The highest BCUT2D eigenvalue weighted by atomic mass is 79.9. The van der Waals surface area contributed by atoms with Crippen LogP contribution in [-0.2, 0) is 9.47 Å². The standard InChI is InChI=1S/C14H12BrNO4/c1-19-13(17)10-8-5-3-7(15)4-6-9(8)11(12(10)16)14(18)20-2/h3-6H,16H2,1-2H3. The maximum atomic E-state index is 11.9. The van der Waals surface area contributed by atoms with Gasteiger partial charge >= 0.3 is 11.9 Å². The highest BCUT2D eigenvalue weighted by molar-refractivity contribution is 9.10. The van der Waals surface area contributed by atoms with Crippen LogP contribution in [0.5, 0.6) is 0 Å². The minimum atomic E-state index is -0.593. The Hall–Kier alpha value is -2.08. The van der Waals surface area contributed by atoms with E-state index < -0.39 is 11.9 Å². The number of nitrogens with two attached hydrogens (primary N) is 1. The Kier molecular flexibility index (Phi) is 3.94. The molecule has 5 nitrogen and oxygen atoms in total. The molecule has 0 spiro atoms. The second-order valence-corrected chi connectivity index (χ2v) is 4.94. The summed E-state index contributed by atoms with van der Waals surface area (Å²) in [5.41, 5.74) is 7.43. The van der Waals surface area contributed by atoms with Crippen molar-refractivity contribution in [2.24, 2.45) is 0 Å². The molecule has 0 aliphatic heterocycles. The molecule has 0 radical (unpaired) electrons. The van der Waals surface area contributed by atoms with Crippen LogP contribution in [0.3, 0.4) is 0 Å². The van der Waals surface area contributed by atoms with Crippen molar-refractivity contribution < 1.29 is 19.1 Å². The molecule has 104 valence electrons. The molecule has 0 heterocycles. The first-order chi connectivity index (χ1) is 9.51. The number of anilines is 1. The lowest BCUT2D eigenvalue weighted by molar-refractivity contribution is 0.0600. The van der Waals surface area contributed by atoms with Gasteiger partial charge in [0.2, 0.25) is 0 Å². The van der Waals surface area contributed by atoms with Gasteiger partial charge in [-0.2, -0.15) is 0 Å². The van der Waals surface area contributed by atoms with Crippen molar-refractivity contribution in [3.8, 4) is 11.1 Å². The van der Waals surface area contributed by atoms with Gasteiger partial charge in [0, 0.05) is 4.47 Å². The van der Waals surface area contributed by atoms with Crippen molar-refractivity contribution in [3.05, 3.63) is 39.9 Å². The van der Waals surface area contributed by atoms with Gasteiger partial charge in [0.05, 0.1) is 31.0 Å². The molecule has 0 amide bonds. The van der Waals surface area contributed by atoms with Gasteiger partial charge in [-0.05, 0) is 23.3 Å². The first kappa shape index (κ1) is 14.3. The van der Waals surface area contributed by atoms with E-state index in [9.17, 15) is 9.59 Å². The molecule has 0 atom stereocenters. The summed E-state index contributed by atoms with van der Waals surface area (Å²) in [4.78, 5) is 23.8. The molecule has 2 aliphatic rings. The monoisotopic (exact) mass is 337 g/mol. The summed E-state index contributed by atoms with van der Waals surface area (Å²) in [7, 11) is 2.52. The van der Waals surface area contributed by atoms with Crippen molar-refractivity contribution in [1.82, 2.24) is 0 Å². The Morgan fingerprint density at radius 3 is 1.70 bits per heavy atom. The number of carbonyl (C=O) groups is 2. The molecule has 6 heteroatoms. The molecule has 0 fully saturated rings. The number of hydrogen-bond donors (Lipinski definition) is 1. The van der Waals surface area contributed by atoms with Crippen LogP contribution in [0.2, 0.25) is 0 Å². The van der Waals surface area contributed by atoms with Crippen LogP contribution < -0.4 is 5.73 Å². The summed E-state index contributed by atoms with van der Waals surface area (Å²) in [5.74, 6) is -1.19. The number of hydrogen-bond acceptors (Lipinski definition) is 5. The normalized spacial score (nSPS) is 10.3. The summed E-state index contributed by atoms with van der Waals surface area (Å²) in [5, 5.41) is 0. The number of fused-ring (bicyclic) bond motifs is 1. The summed E-state index contributed by atoms with van der Waals surface area (Å²) < 4.78 is 10.3. The van der Waals surface area contributed by atoms with Crippen molar-refractivity contribution in [2.75, 3.05) is 20.0 Å². The fraction of sp³-hybridized carbons (Fsp3) is 0.143. The molecular weight excluding hydrogens is 326 g/mol. The van der Waals surface area contributed by atoms with Crippen LogP contribution in [0.1, 0.15) is 20.7 Å². The SMILES string of the molecule is COC(=O)c1c2ccc(Br)ccc-2c(C(=O)OC)c1N. The van der Waals surface area contributed by atoms with Crippen LogP contribution >= 0.6 is 15.9 Å². The Morgan fingerprint density at radius 2 is 1.35 bits per heavy atom. The molecule has 0 aromatic heterocycles. The molecule has 0 unspecified atom stereocenters. The van der Waals surface area contributed by atoms with Gasteiger partial charge in [-0.3, -0.25) is 0 Å². The van der Waals surface area contributed by atoms with Crippen LogP contribution in [0, 0.1) is 0 Å². The second kappa shape index (κ2) is 5.50. The Labute approximate surface area is 124 Å². The number of carbonyl (C=O) groups excluding carboxylic acids is 2. The Bertz CT molecular complexity index is 615. The molecular formula is C14H12BrNO4. The minimum absolute atomic E-state index is 0.0704. The van der Waals surface area contributed by atoms with Gasteiger partial charge in [0.15, 0.2) is 0 Å².